The van der Waals surface area contributed by atoms with Gasteiger partial charge in [-0.25, -0.2) is 4.98 Å². The van der Waals surface area contributed by atoms with Crippen LogP contribution in [0.5, 0.6) is 0 Å². The molecule has 9 heteroatoms. The first-order chi connectivity index (χ1) is 19.6. The van der Waals surface area contributed by atoms with E-state index >= 15 is 0 Å². The van der Waals surface area contributed by atoms with Crippen molar-refractivity contribution in [3.63, 3.8) is 0 Å². The van der Waals surface area contributed by atoms with Crippen molar-refractivity contribution in [3.8, 4) is 0 Å². The minimum absolute atomic E-state index is 0.270. The maximum Gasteiger partial charge on any atom is 0.173 e. The van der Waals surface area contributed by atoms with Crippen molar-refractivity contribution < 1.29 is 9.47 Å². The van der Waals surface area contributed by atoms with Crippen LogP contribution in [-0.4, -0.2) is 52.3 Å². The van der Waals surface area contributed by atoms with E-state index in [0.29, 0.717) is 32.9 Å². The number of hydrogen-bond donors (Lipinski definition) is 0. The van der Waals surface area contributed by atoms with E-state index in [9.17, 15) is 0 Å². The van der Waals surface area contributed by atoms with Crippen molar-refractivity contribution in [1.29, 1.82) is 0 Å². The lowest BCUT2D eigenvalue weighted by molar-refractivity contribution is -0.0396. The second-order valence-electron chi connectivity index (χ2n) is 11.1. The third kappa shape index (κ3) is 4.78. The molecule has 3 aromatic heterocycles. The van der Waals surface area contributed by atoms with Crippen LogP contribution >= 0.6 is 11.3 Å². The van der Waals surface area contributed by atoms with E-state index in [1.54, 1.807) is 11.3 Å². The maximum absolute atomic E-state index is 6.30. The molecule has 5 heterocycles. The second kappa shape index (κ2) is 10.4. The Morgan fingerprint density at radius 2 is 1.57 bits per heavy atom. The van der Waals surface area contributed by atoms with Gasteiger partial charge in [0.05, 0.1) is 25.4 Å². The van der Waals surface area contributed by atoms with Gasteiger partial charge in [-0.2, -0.15) is 0 Å². The quantitative estimate of drug-likeness (QED) is 0.272. The third-order valence-corrected chi connectivity index (χ3v) is 8.82. The number of nitrogens with zero attached hydrogens (tertiary/aromatic N) is 6. The van der Waals surface area contributed by atoms with Crippen molar-refractivity contribution in [2.75, 3.05) is 36.1 Å². The summed E-state index contributed by atoms with van der Waals surface area (Å²) in [5.74, 6) is 1.86. The molecule has 0 N–H and O–H groups in total. The number of benzene rings is 2. The maximum atomic E-state index is 6.30. The molecule has 0 unspecified atom stereocenters. The third-order valence-electron chi connectivity index (χ3n) is 7.75. The summed E-state index contributed by atoms with van der Waals surface area (Å²) < 4.78 is 13.0. The second-order valence-corrected chi connectivity index (χ2v) is 12.1. The summed E-state index contributed by atoms with van der Waals surface area (Å²) in [6.45, 7) is 9.35. The van der Waals surface area contributed by atoms with E-state index in [0.717, 1.165) is 51.6 Å². The van der Waals surface area contributed by atoms with Gasteiger partial charge in [0.15, 0.2) is 5.82 Å². The number of pyridine rings is 1. The minimum Gasteiger partial charge on any atom is -0.378 e. The number of hydrogen-bond acceptors (Lipinski definition) is 9. The Hall–Kier alpha value is -3.66. The van der Waals surface area contributed by atoms with E-state index in [1.807, 2.05) is 12.1 Å². The molecule has 0 aliphatic carbocycles. The summed E-state index contributed by atoms with van der Waals surface area (Å²) in [6.07, 6.45) is 0.793. The molecule has 1 saturated heterocycles. The molecule has 0 saturated carbocycles. The lowest BCUT2D eigenvalue weighted by Gasteiger charge is -2.36. The molecule has 40 heavy (non-hydrogen) atoms. The van der Waals surface area contributed by atoms with E-state index in [4.69, 9.17) is 14.5 Å². The zero-order chi connectivity index (χ0) is 27.1. The number of morpholine rings is 1. The van der Waals surface area contributed by atoms with E-state index < -0.39 is 0 Å². The molecule has 0 amide bonds. The average molecular weight is 553 g/mol. The minimum atomic E-state index is -0.270. The molecular weight excluding hydrogens is 520 g/mol. The van der Waals surface area contributed by atoms with Crippen molar-refractivity contribution in [2.24, 2.45) is 0 Å². The molecule has 7 rings (SSSR count). The molecule has 0 atom stereocenters. The summed E-state index contributed by atoms with van der Waals surface area (Å²) in [6, 6.07) is 21.0. The van der Waals surface area contributed by atoms with Crippen LogP contribution in [0.2, 0.25) is 0 Å². The molecule has 204 valence electrons. The molecule has 2 aliphatic heterocycles. The smallest absolute Gasteiger partial charge is 0.173 e. The summed E-state index contributed by atoms with van der Waals surface area (Å²) in [5, 5.41) is 14.7. The Balaban J connectivity index is 1.41. The first-order valence-corrected chi connectivity index (χ1v) is 14.6. The van der Waals surface area contributed by atoms with Crippen molar-refractivity contribution in [1.82, 2.24) is 20.4 Å². The highest BCUT2D eigenvalue weighted by molar-refractivity contribution is 7.26. The van der Waals surface area contributed by atoms with E-state index in [1.165, 1.54) is 22.3 Å². The van der Waals surface area contributed by atoms with Gasteiger partial charge in [0.1, 0.15) is 20.9 Å². The molecule has 0 radical (unpaired) electrons. The fourth-order valence-corrected chi connectivity index (χ4v) is 6.91. The number of fused-ring (bicyclic) bond motifs is 5. The summed E-state index contributed by atoms with van der Waals surface area (Å²) >= 11 is 1.67. The van der Waals surface area contributed by atoms with Crippen LogP contribution in [0.15, 0.2) is 60.7 Å². The van der Waals surface area contributed by atoms with Crippen LogP contribution in [0.1, 0.15) is 36.1 Å². The van der Waals surface area contributed by atoms with Gasteiger partial charge in [-0.05, 0) is 35.8 Å². The average Bonchev–Trinajstić information content (AvgIpc) is 3.36. The molecule has 0 spiro atoms. The Bertz CT molecular complexity index is 1610. The lowest BCUT2D eigenvalue weighted by Crippen LogP contribution is -2.39. The Morgan fingerprint density at radius 3 is 2.25 bits per heavy atom. The van der Waals surface area contributed by atoms with Crippen molar-refractivity contribution >= 4 is 43.4 Å². The first-order valence-electron chi connectivity index (χ1n) is 13.8. The summed E-state index contributed by atoms with van der Waals surface area (Å²) in [7, 11) is 0. The monoisotopic (exact) mass is 552 g/mol. The zero-order valence-corrected chi connectivity index (χ0v) is 23.7. The zero-order valence-electron chi connectivity index (χ0n) is 22.8. The van der Waals surface area contributed by atoms with Gasteiger partial charge in [-0.3, -0.25) is 0 Å². The van der Waals surface area contributed by atoms with Crippen LogP contribution in [0.4, 0.5) is 11.6 Å². The fourth-order valence-electron chi connectivity index (χ4n) is 5.76. The highest BCUT2D eigenvalue weighted by Gasteiger charge is 2.34. The standard InChI is InChI=1S/C31H32N6O2S/c1-31(2)17-23-24(20-39-31)28(36-13-15-38-16-14-36)32-30-25(23)26-27(40-30)29(34-35-33-26)37(18-21-9-5-3-6-10-21)19-22-11-7-4-8-12-22/h3-12H,13-20H2,1-2H3. The molecule has 1 fully saturated rings. The highest BCUT2D eigenvalue weighted by atomic mass is 32.1. The number of anilines is 2. The SMILES string of the molecule is CC1(C)Cc2c(c(N3CCOCC3)nc3sc4c(N(Cc5ccccc5)Cc5ccccc5)nnnc4c23)CO1. The van der Waals surface area contributed by atoms with Gasteiger partial charge >= 0.3 is 0 Å². The molecule has 0 bridgehead atoms. The molecule has 8 nitrogen and oxygen atoms in total. The predicted molar refractivity (Wildman–Crippen MR) is 159 cm³/mol. The number of aromatic nitrogens is 4. The van der Waals surface area contributed by atoms with Gasteiger partial charge in [0, 0.05) is 43.5 Å². The van der Waals surface area contributed by atoms with Gasteiger partial charge in [-0.1, -0.05) is 60.7 Å². The van der Waals surface area contributed by atoms with Gasteiger partial charge in [0.2, 0.25) is 0 Å². The van der Waals surface area contributed by atoms with Crippen LogP contribution < -0.4 is 9.80 Å². The number of thiophene rings is 1. The molecular formula is C31H32N6O2S. The lowest BCUT2D eigenvalue weighted by atomic mass is 9.90. The summed E-state index contributed by atoms with van der Waals surface area (Å²) in [5.41, 5.74) is 5.49. The molecule has 2 aromatic carbocycles. The predicted octanol–water partition coefficient (Wildman–Crippen LogP) is 5.53. The molecule has 2 aliphatic rings. The van der Waals surface area contributed by atoms with E-state index in [2.05, 4.69) is 87.6 Å². The Labute approximate surface area is 237 Å². The highest BCUT2D eigenvalue weighted by Crippen LogP contribution is 2.44. The van der Waals surface area contributed by atoms with Crippen molar-refractivity contribution in [3.05, 3.63) is 82.9 Å². The number of ether oxygens (including phenoxy) is 2. The molecule has 5 aromatic rings. The first kappa shape index (κ1) is 25.3. The van der Waals surface area contributed by atoms with Gasteiger partial charge in [0.25, 0.3) is 0 Å². The number of rotatable bonds is 6. The fraction of sp³-hybridized carbons (Fsp3) is 0.355. The Kier molecular flexibility index (Phi) is 6.57. The van der Waals surface area contributed by atoms with E-state index in [-0.39, 0.29) is 5.60 Å². The Morgan fingerprint density at radius 1 is 0.900 bits per heavy atom. The van der Waals surface area contributed by atoms with Gasteiger partial charge < -0.3 is 19.3 Å². The van der Waals surface area contributed by atoms with Crippen molar-refractivity contribution in [2.45, 2.75) is 45.6 Å². The van der Waals surface area contributed by atoms with Crippen LogP contribution in [0.3, 0.4) is 0 Å². The van der Waals surface area contributed by atoms with Crippen LogP contribution in [0, 0.1) is 0 Å². The normalized spacial score (nSPS) is 16.8. The van der Waals surface area contributed by atoms with Crippen LogP contribution in [-0.2, 0) is 35.6 Å². The van der Waals surface area contributed by atoms with Crippen LogP contribution in [0.25, 0.3) is 20.4 Å². The summed E-state index contributed by atoms with van der Waals surface area (Å²) in [4.78, 5) is 10.9. The van der Waals surface area contributed by atoms with Gasteiger partial charge in [-0.15, -0.1) is 21.5 Å². The largest absolute Gasteiger partial charge is 0.378 e. The topological polar surface area (TPSA) is 76.5 Å².